The third-order valence-electron chi connectivity index (χ3n) is 6.93. The molecule has 0 unspecified atom stereocenters. The highest BCUT2D eigenvalue weighted by atomic mass is 16.6. The highest BCUT2D eigenvalue weighted by Crippen LogP contribution is 2.35. The normalized spacial score (nSPS) is 18.3. The number of rotatable bonds is 6. The summed E-state index contributed by atoms with van der Waals surface area (Å²) in [6, 6.07) is 14.6. The molecule has 0 radical (unpaired) electrons. The Kier molecular flexibility index (Phi) is 10.7. The Labute approximate surface area is 267 Å². The van der Waals surface area contributed by atoms with Crippen LogP contribution in [0.15, 0.2) is 66.7 Å². The van der Waals surface area contributed by atoms with Crippen LogP contribution in [0.2, 0.25) is 0 Å². The van der Waals surface area contributed by atoms with Crippen molar-refractivity contribution in [2.45, 2.75) is 57.8 Å². The minimum atomic E-state index is -1.29. The summed E-state index contributed by atoms with van der Waals surface area (Å²) in [4.78, 5) is 54.0. The summed E-state index contributed by atoms with van der Waals surface area (Å²) in [5.41, 5.74) is 0.636. The average molecular weight is 634 g/mol. The number of esters is 1. The van der Waals surface area contributed by atoms with Crippen LogP contribution in [-0.2, 0) is 30.3 Å². The van der Waals surface area contributed by atoms with E-state index in [2.05, 4.69) is 16.0 Å². The molecule has 3 N–H and O–H groups in total. The van der Waals surface area contributed by atoms with Crippen LogP contribution in [0.5, 0.6) is 23.0 Å². The maximum absolute atomic E-state index is 14.0. The van der Waals surface area contributed by atoms with Crippen molar-refractivity contribution < 1.29 is 42.9 Å². The lowest BCUT2D eigenvalue weighted by Crippen LogP contribution is -2.52. The summed E-state index contributed by atoms with van der Waals surface area (Å²) >= 11 is 0. The van der Waals surface area contributed by atoms with Crippen molar-refractivity contribution in [3.63, 3.8) is 0 Å². The van der Waals surface area contributed by atoms with Gasteiger partial charge < -0.3 is 39.6 Å². The molecular weight excluding hydrogens is 594 g/mol. The second-order valence-electron chi connectivity index (χ2n) is 11.5. The highest BCUT2D eigenvalue weighted by Gasteiger charge is 2.33. The number of fused-ring (bicyclic) bond motifs is 9. The maximum atomic E-state index is 14.0. The van der Waals surface area contributed by atoms with E-state index in [0.29, 0.717) is 39.7 Å². The molecule has 3 aromatic rings. The van der Waals surface area contributed by atoms with Gasteiger partial charge in [0.2, 0.25) is 11.8 Å². The molecule has 12 heteroatoms. The lowest BCUT2D eigenvalue weighted by atomic mass is 10.0. The first kappa shape index (κ1) is 33.6. The third-order valence-corrected chi connectivity index (χ3v) is 6.93. The van der Waals surface area contributed by atoms with Crippen molar-refractivity contribution in [1.29, 1.82) is 0 Å². The Balaban J connectivity index is 1.83. The Morgan fingerprint density at radius 2 is 1.57 bits per heavy atom. The van der Waals surface area contributed by atoms with Crippen LogP contribution >= 0.6 is 0 Å². The maximum Gasteiger partial charge on any atom is 0.408 e. The number of hydrogen-bond acceptors (Lipinski definition) is 9. The topological polar surface area (TPSA) is 151 Å². The van der Waals surface area contributed by atoms with E-state index in [-0.39, 0.29) is 13.0 Å². The molecule has 3 aromatic carbocycles. The molecule has 0 fully saturated rings. The number of hydrogen-bond donors (Lipinski definition) is 3. The second-order valence-corrected chi connectivity index (χ2v) is 11.5. The van der Waals surface area contributed by atoms with Gasteiger partial charge in [-0.3, -0.25) is 9.59 Å². The first-order chi connectivity index (χ1) is 21.9. The molecule has 5 rings (SSSR count). The quantitative estimate of drug-likeness (QED) is 0.333. The first-order valence-electron chi connectivity index (χ1n) is 14.8. The van der Waals surface area contributed by atoms with E-state index in [1.54, 1.807) is 94.4 Å². The van der Waals surface area contributed by atoms with Crippen molar-refractivity contribution >= 4 is 23.9 Å². The second kappa shape index (κ2) is 14.7. The fourth-order valence-corrected chi connectivity index (χ4v) is 4.74. The van der Waals surface area contributed by atoms with Gasteiger partial charge in [-0.05, 0) is 80.8 Å². The van der Waals surface area contributed by atoms with E-state index >= 15 is 0 Å². The first-order valence-corrected chi connectivity index (χ1v) is 14.8. The largest absolute Gasteiger partial charge is 0.497 e. The van der Waals surface area contributed by atoms with E-state index in [4.69, 9.17) is 23.7 Å². The predicted octanol–water partition coefficient (Wildman–Crippen LogP) is 4.52. The third kappa shape index (κ3) is 8.68. The number of benzene rings is 3. The number of carbonyl (C=O) groups is 4. The fourth-order valence-electron chi connectivity index (χ4n) is 4.74. The van der Waals surface area contributed by atoms with Gasteiger partial charge in [-0.2, -0.15) is 0 Å². The SMILES string of the molecule is CCOC(=O)[C@H]1NC(=O)[C@H](c2ccc(OC)cc2)NC(=O)[C@@H](NC(=O)OC(C)(C)C)Cc2ccc(cc2)Oc2cc1ccc2OC. The van der Waals surface area contributed by atoms with E-state index in [0.717, 1.165) is 0 Å². The van der Waals surface area contributed by atoms with Crippen molar-refractivity contribution in [3.05, 3.63) is 83.4 Å². The predicted molar refractivity (Wildman–Crippen MR) is 168 cm³/mol. The molecule has 0 spiro atoms. The molecule has 2 heterocycles. The minimum Gasteiger partial charge on any atom is -0.497 e. The lowest BCUT2D eigenvalue weighted by Gasteiger charge is -2.27. The van der Waals surface area contributed by atoms with Crippen LogP contribution in [0.4, 0.5) is 4.79 Å². The van der Waals surface area contributed by atoms with E-state index in [9.17, 15) is 19.2 Å². The number of nitrogens with one attached hydrogen (secondary N) is 3. The highest BCUT2D eigenvalue weighted by molar-refractivity contribution is 5.94. The van der Waals surface area contributed by atoms with Crippen LogP contribution in [0.25, 0.3) is 0 Å². The lowest BCUT2D eigenvalue weighted by molar-refractivity contribution is -0.148. The molecule has 2 aliphatic heterocycles. The Bertz CT molecular complexity index is 1550. The standard InChI is InChI=1S/C34H39N3O9/c1-7-44-32(40)29-22-12-17-26(43-6)27(19-22)45-24-13-8-20(9-14-24)18-25(35-33(41)46-34(2,3)4)30(38)36-28(31(39)37-29)21-10-15-23(42-5)16-11-21/h8-17,19,25,28-29H,7,18H2,1-6H3,(H,35,41)(H,36,38)(H,37,39)/t25-,28-,29-/m0/s1. The molecule has 3 amide bonds. The van der Waals surface area contributed by atoms with Crippen molar-refractivity contribution in [2.75, 3.05) is 20.8 Å². The number of methoxy groups -OCH3 is 2. The Morgan fingerprint density at radius 1 is 0.891 bits per heavy atom. The van der Waals surface area contributed by atoms with Crippen molar-refractivity contribution in [2.24, 2.45) is 0 Å². The van der Waals surface area contributed by atoms with Gasteiger partial charge in [0.05, 0.1) is 20.8 Å². The molecule has 4 bridgehead atoms. The summed E-state index contributed by atoms with van der Waals surface area (Å²) in [7, 11) is 2.99. The van der Waals surface area contributed by atoms with Crippen LogP contribution in [0.3, 0.4) is 0 Å². The van der Waals surface area contributed by atoms with Crippen molar-refractivity contribution in [3.8, 4) is 23.0 Å². The van der Waals surface area contributed by atoms with Crippen LogP contribution < -0.4 is 30.2 Å². The van der Waals surface area contributed by atoms with Gasteiger partial charge in [-0.15, -0.1) is 0 Å². The fraction of sp³-hybridized carbons (Fsp3) is 0.353. The van der Waals surface area contributed by atoms with E-state index in [1.165, 1.54) is 14.2 Å². The molecule has 0 aliphatic carbocycles. The smallest absolute Gasteiger partial charge is 0.408 e. The van der Waals surface area contributed by atoms with Gasteiger partial charge in [0, 0.05) is 6.42 Å². The van der Waals surface area contributed by atoms with Crippen LogP contribution in [0, 0.1) is 0 Å². The zero-order chi connectivity index (χ0) is 33.4. The zero-order valence-electron chi connectivity index (χ0n) is 26.7. The molecule has 0 saturated heterocycles. The number of carbonyl (C=O) groups excluding carboxylic acids is 4. The van der Waals surface area contributed by atoms with Gasteiger partial charge in [0.15, 0.2) is 17.5 Å². The average Bonchev–Trinajstić information content (AvgIpc) is 3.01. The summed E-state index contributed by atoms with van der Waals surface area (Å²) < 4.78 is 27.6. The monoisotopic (exact) mass is 633 g/mol. The van der Waals surface area contributed by atoms with E-state index < -0.39 is 47.6 Å². The van der Waals surface area contributed by atoms with Gasteiger partial charge in [-0.1, -0.05) is 30.3 Å². The van der Waals surface area contributed by atoms with Crippen LogP contribution in [0.1, 0.15) is 56.5 Å². The number of amides is 3. The van der Waals surface area contributed by atoms with Gasteiger partial charge >= 0.3 is 12.1 Å². The minimum absolute atomic E-state index is 0.0621. The molecule has 0 saturated carbocycles. The Hall–Kier alpha value is -5.26. The molecule has 12 nitrogen and oxygen atoms in total. The molecule has 2 aliphatic rings. The zero-order valence-corrected chi connectivity index (χ0v) is 26.7. The number of alkyl carbamates (subject to hydrolysis) is 1. The van der Waals surface area contributed by atoms with E-state index in [1.807, 2.05) is 0 Å². The van der Waals surface area contributed by atoms with Crippen molar-refractivity contribution in [1.82, 2.24) is 16.0 Å². The summed E-state index contributed by atoms with van der Waals surface area (Å²) in [6.07, 6.45) is -0.743. The molecule has 0 aromatic heterocycles. The van der Waals surface area contributed by atoms with Gasteiger partial charge in [-0.25, -0.2) is 9.59 Å². The molecular formula is C34H39N3O9. The van der Waals surface area contributed by atoms with Gasteiger partial charge in [0.1, 0.15) is 29.2 Å². The number of ether oxygens (including phenoxy) is 5. The summed E-state index contributed by atoms with van der Waals surface area (Å²) in [5.74, 6) is -0.409. The molecule has 244 valence electrons. The Morgan fingerprint density at radius 3 is 2.17 bits per heavy atom. The van der Waals surface area contributed by atoms with Gasteiger partial charge in [0.25, 0.3) is 0 Å². The molecule has 3 atom stereocenters. The van der Waals surface area contributed by atoms with Crippen LogP contribution in [-0.4, -0.2) is 56.3 Å². The summed E-state index contributed by atoms with van der Waals surface area (Å²) in [5, 5.41) is 8.14. The molecule has 46 heavy (non-hydrogen) atoms. The summed E-state index contributed by atoms with van der Waals surface area (Å²) in [6.45, 7) is 6.84.